The van der Waals surface area contributed by atoms with Crippen molar-refractivity contribution in [1.29, 1.82) is 0 Å². The van der Waals surface area contributed by atoms with E-state index < -0.39 is 5.54 Å². The number of hydrazine groups is 1. The lowest BCUT2D eigenvalue weighted by molar-refractivity contribution is -0.130. The summed E-state index contributed by atoms with van der Waals surface area (Å²) in [6.45, 7) is 0. The van der Waals surface area contributed by atoms with Crippen LogP contribution in [-0.4, -0.2) is 22.0 Å². The van der Waals surface area contributed by atoms with Gasteiger partial charge in [0.15, 0.2) is 5.82 Å². The number of carbonyl (C=O) groups excluding carboxylic acids is 2. The molecular weight excluding hydrogens is 358 g/mol. The summed E-state index contributed by atoms with van der Waals surface area (Å²) >= 11 is 0. The van der Waals surface area contributed by atoms with E-state index >= 15 is 0 Å². The number of benzene rings is 1. The van der Waals surface area contributed by atoms with Crippen LogP contribution in [-0.2, 0) is 15.1 Å². The quantitative estimate of drug-likeness (QED) is 0.845. The normalized spacial score (nSPS) is 19.2. The van der Waals surface area contributed by atoms with Crippen LogP contribution in [0.5, 0.6) is 0 Å². The number of halogens is 1. The Hall–Kier alpha value is -2.45. The monoisotopic (exact) mass is 377 g/mol. The van der Waals surface area contributed by atoms with Crippen molar-refractivity contribution in [1.82, 2.24) is 15.6 Å². The summed E-state index contributed by atoms with van der Waals surface area (Å²) in [6.07, 6.45) is 4.30. The summed E-state index contributed by atoms with van der Waals surface area (Å²) < 4.78 is 5.36. The van der Waals surface area contributed by atoms with Gasteiger partial charge in [-0.15, -0.1) is 12.4 Å². The first kappa shape index (κ1) is 18.3. The van der Waals surface area contributed by atoms with Crippen molar-refractivity contribution in [3.8, 4) is 11.5 Å². The molecule has 0 bridgehead atoms. The fourth-order valence-electron chi connectivity index (χ4n) is 3.31. The summed E-state index contributed by atoms with van der Waals surface area (Å²) in [6, 6.07) is 7.02. The molecule has 2 fully saturated rings. The maximum absolute atomic E-state index is 11.9. The standard InChI is InChI=1S/C17H19N5O3.ClH/c18-17(9-1-2-10-17)16-19-15(25-21-16)11-3-5-12(6-4-11)22-14(24)8-7-13(23)20-22;/h3-6H,1-2,7-10,18H2,(H,20,23);1H. The summed E-state index contributed by atoms with van der Waals surface area (Å²) in [4.78, 5) is 27.9. The first-order chi connectivity index (χ1) is 12.0. The highest BCUT2D eigenvalue weighted by molar-refractivity contribution is 6.01. The van der Waals surface area contributed by atoms with E-state index in [4.69, 9.17) is 10.3 Å². The van der Waals surface area contributed by atoms with Crippen LogP contribution >= 0.6 is 12.4 Å². The molecule has 1 aliphatic carbocycles. The van der Waals surface area contributed by atoms with Crippen LogP contribution in [0.4, 0.5) is 5.69 Å². The van der Waals surface area contributed by atoms with Crippen LogP contribution in [0, 0.1) is 0 Å². The Morgan fingerprint density at radius 1 is 1.12 bits per heavy atom. The van der Waals surface area contributed by atoms with Crippen LogP contribution < -0.4 is 16.2 Å². The van der Waals surface area contributed by atoms with E-state index in [1.165, 1.54) is 5.01 Å². The third-order valence-electron chi connectivity index (χ3n) is 4.79. The molecule has 1 aliphatic heterocycles. The Balaban J connectivity index is 0.00000196. The molecule has 8 nitrogen and oxygen atoms in total. The molecule has 1 saturated heterocycles. The highest BCUT2D eigenvalue weighted by Crippen LogP contribution is 2.35. The highest BCUT2D eigenvalue weighted by atomic mass is 35.5. The van der Waals surface area contributed by atoms with E-state index in [0.717, 1.165) is 31.2 Å². The van der Waals surface area contributed by atoms with Gasteiger partial charge in [0, 0.05) is 18.4 Å². The molecule has 2 aromatic rings. The average molecular weight is 378 g/mol. The molecule has 4 rings (SSSR count). The third kappa shape index (κ3) is 3.30. The van der Waals surface area contributed by atoms with Crippen molar-refractivity contribution in [3.63, 3.8) is 0 Å². The topological polar surface area (TPSA) is 114 Å². The van der Waals surface area contributed by atoms with Gasteiger partial charge in [-0.05, 0) is 37.1 Å². The summed E-state index contributed by atoms with van der Waals surface area (Å²) in [7, 11) is 0. The lowest BCUT2D eigenvalue weighted by Gasteiger charge is -2.27. The maximum Gasteiger partial charge on any atom is 0.257 e. The molecule has 26 heavy (non-hydrogen) atoms. The summed E-state index contributed by atoms with van der Waals surface area (Å²) in [5.74, 6) is 0.628. The number of rotatable bonds is 3. The van der Waals surface area contributed by atoms with Gasteiger partial charge in [0.1, 0.15) is 0 Å². The molecule has 0 spiro atoms. The molecule has 2 amide bonds. The Morgan fingerprint density at radius 2 is 1.81 bits per heavy atom. The fraction of sp³-hybridized carbons (Fsp3) is 0.412. The Morgan fingerprint density at radius 3 is 2.50 bits per heavy atom. The number of hydrogen-bond donors (Lipinski definition) is 2. The first-order valence-electron chi connectivity index (χ1n) is 8.41. The van der Waals surface area contributed by atoms with Gasteiger partial charge < -0.3 is 10.3 Å². The number of anilines is 1. The lowest BCUT2D eigenvalue weighted by Crippen LogP contribution is -2.50. The highest BCUT2D eigenvalue weighted by Gasteiger charge is 2.36. The van der Waals surface area contributed by atoms with Gasteiger partial charge in [0.25, 0.3) is 5.89 Å². The minimum Gasteiger partial charge on any atom is -0.334 e. The Bertz CT molecular complexity index is 814. The van der Waals surface area contributed by atoms with Gasteiger partial charge >= 0.3 is 0 Å². The van der Waals surface area contributed by atoms with Crippen molar-refractivity contribution < 1.29 is 14.1 Å². The predicted molar refractivity (Wildman–Crippen MR) is 96.2 cm³/mol. The summed E-state index contributed by atoms with van der Waals surface area (Å²) in [5, 5.41) is 5.31. The van der Waals surface area contributed by atoms with Gasteiger partial charge in [-0.25, -0.2) is 5.01 Å². The Kier molecular flexibility index (Phi) is 4.97. The maximum atomic E-state index is 11.9. The fourth-order valence-corrected chi connectivity index (χ4v) is 3.31. The second-order valence-corrected chi connectivity index (χ2v) is 6.60. The van der Waals surface area contributed by atoms with Gasteiger partial charge in [-0.2, -0.15) is 4.98 Å². The molecule has 2 aliphatic rings. The molecule has 1 aromatic carbocycles. The minimum absolute atomic E-state index is 0. The number of hydrogen-bond acceptors (Lipinski definition) is 6. The SMILES string of the molecule is Cl.NC1(c2noc(-c3ccc(N4NC(=O)CCC4=O)cc3)n2)CCCC1. The van der Waals surface area contributed by atoms with Crippen LogP contribution in [0.1, 0.15) is 44.3 Å². The molecule has 1 saturated carbocycles. The number of nitrogens with zero attached hydrogens (tertiary/aromatic N) is 3. The van der Waals surface area contributed by atoms with Gasteiger partial charge in [0.05, 0.1) is 11.2 Å². The first-order valence-corrected chi connectivity index (χ1v) is 8.41. The van der Waals surface area contributed by atoms with Crippen molar-refractivity contribution in [2.24, 2.45) is 5.73 Å². The van der Waals surface area contributed by atoms with E-state index in [-0.39, 0.29) is 37.1 Å². The zero-order chi connectivity index (χ0) is 17.4. The van der Waals surface area contributed by atoms with E-state index in [2.05, 4.69) is 15.6 Å². The molecule has 2 heterocycles. The molecule has 0 atom stereocenters. The number of carbonyl (C=O) groups is 2. The minimum atomic E-state index is -0.494. The molecule has 1 aromatic heterocycles. The van der Waals surface area contributed by atoms with E-state index in [0.29, 0.717) is 17.4 Å². The van der Waals surface area contributed by atoms with E-state index in [1.807, 2.05) is 0 Å². The zero-order valence-corrected chi connectivity index (χ0v) is 14.9. The summed E-state index contributed by atoms with van der Waals surface area (Å²) in [5.41, 5.74) is 9.75. The smallest absolute Gasteiger partial charge is 0.257 e. The molecule has 0 unspecified atom stereocenters. The van der Waals surface area contributed by atoms with E-state index in [1.54, 1.807) is 24.3 Å². The molecule has 138 valence electrons. The van der Waals surface area contributed by atoms with Crippen LogP contribution in [0.2, 0.25) is 0 Å². The molecule has 3 N–H and O–H groups in total. The number of amides is 2. The van der Waals surface area contributed by atoms with Crippen LogP contribution in [0.15, 0.2) is 28.8 Å². The number of nitrogens with two attached hydrogens (primary N) is 1. The second kappa shape index (κ2) is 7.05. The van der Waals surface area contributed by atoms with Crippen molar-refractivity contribution in [2.45, 2.75) is 44.1 Å². The molecule has 9 heteroatoms. The number of nitrogens with one attached hydrogen (secondary N) is 1. The van der Waals surface area contributed by atoms with Crippen molar-refractivity contribution in [2.75, 3.05) is 5.01 Å². The van der Waals surface area contributed by atoms with Gasteiger partial charge in [0.2, 0.25) is 11.8 Å². The third-order valence-corrected chi connectivity index (χ3v) is 4.79. The second-order valence-electron chi connectivity index (χ2n) is 6.60. The number of aromatic nitrogens is 2. The average Bonchev–Trinajstić information content (AvgIpc) is 3.27. The van der Waals surface area contributed by atoms with Crippen LogP contribution in [0.3, 0.4) is 0 Å². The van der Waals surface area contributed by atoms with Gasteiger partial charge in [-0.1, -0.05) is 18.0 Å². The lowest BCUT2D eigenvalue weighted by atomic mass is 9.99. The van der Waals surface area contributed by atoms with Crippen molar-refractivity contribution in [3.05, 3.63) is 30.1 Å². The largest absolute Gasteiger partial charge is 0.334 e. The predicted octanol–water partition coefficient (Wildman–Crippen LogP) is 2.04. The Labute approximate surface area is 156 Å². The van der Waals surface area contributed by atoms with Gasteiger partial charge in [-0.3, -0.25) is 15.0 Å². The molecular formula is C17H20ClN5O3. The zero-order valence-electron chi connectivity index (χ0n) is 14.1. The van der Waals surface area contributed by atoms with Crippen LogP contribution in [0.25, 0.3) is 11.5 Å². The molecule has 0 radical (unpaired) electrons. The van der Waals surface area contributed by atoms with Crippen molar-refractivity contribution >= 4 is 29.9 Å². The van der Waals surface area contributed by atoms with E-state index in [9.17, 15) is 9.59 Å².